The average Bonchev–Trinajstić information content (AvgIpc) is 2.24. The molecule has 0 aliphatic carbocycles. The van der Waals surface area contributed by atoms with Gasteiger partial charge in [0.25, 0.3) is 0 Å². The molecule has 0 saturated carbocycles. The number of hydrogen-bond acceptors (Lipinski definition) is 1. The summed E-state index contributed by atoms with van der Waals surface area (Å²) in [6, 6.07) is 7.34. The first-order valence-corrected chi connectivity index (χ1v) is 6.21. The summed E-state index contributed by atoms with van der Waals surface area (Å²) < 4.78 is 13.0. The summed E-state index contributed by atoms with van der Waals surface area (Å²) >= 11 is 0. The topological polar surface area (TPSA) is 12.0 Å². The van der Waals surface area contributed by atoms with Gasteiger partial charge >= 0.3 is 0 Å². The first-order chi connectivity index (χ1) is 8.08. The Bertz CT molecular complexity index is 369. The van der Waals surface area contributed by atoms with Crippen molar-refractivity contribution in [2.45, 2.75) is 39.7 Å². The van der Waals surface area contributed by atoms with E-state index < -0.39 is 0 Å². The summed E-state index contributed by atoms with van der Waals surface area (Å²) in [5, 5.41) is 3.37. The summed E-state index contributed by atoms with van der Waals surface area (Å²) in [6.45, 7) is 7.38. The molecule has 0 aromatic heterocycles. The van der Waals surface area contributed by atoms with Crippen molar-refractivity contribution in [2.75, 3.05) is 6.54 Å². The molecule has 1 nitrogen and oxygen atoms in total. The highest BCUT2D eigenvalue weighted by Crippen LogP contribution is 2.09. The highest BCUT2D eigenvalue weighted by Gasteiger charge is 1.97. The molecule has 0 radical (unpaired) electrons. The van der Waals surface area contributed by atoms with Gasteiger partial charge in [0.05, 0.1) is 0 Å². The molecule has 94 valence electrons. The van der Waals surface area contributed by atoms with Crippen LogP contribution in [0.15, 0.2) is 35.9 Å². The molecule has 0 amide bonds. The molecule has 0 aliphatic heterocycles. The summed E-state index contributed by atoms with van der Waals surface area (Å²) in [4.78, 5) is 0. The maximum atomic E-state index is 13.0. The van der Waals surface area contributed by atoms with Crippen molar-refractivity contribution in [3.05, 3.63) is 47.3 Å². The van der Waals surface area contributed by atoms with Crippen molar-refractivity contribution in [2.24, 2.45) is 0 Å². The van der Waals surface area contributed by atoms with Crippen LogP contribution in [0.3, 0.4) is 0 Å². The Morgan fingerprint density at radius 2 is 2.18 bits per heavy atom. The van der Waals surface area contributed by atoms with Crippen LogP contribution >= 0.6 is 0 Å². The Morgan fingerprint density at radius 3 is 2.82 bits per heavy atom. The lowest BCUT2D eigenvalue weighted by atomic mass is 10.1. The van der Waals surface area contributed by atoms with Gasteiger partial charge in [0.1, 0.15) is 5.82 Å². The van der Waals surface area contributed by atoms with Gasteiger partial charge in [-0.2, -0.15) is 0 Å². The van der Waals surface area contributed by atoms with Crippen LogP contribution in [-0.2, 0) is 6.42 Å². The van der Waals surface area contributed by atoms with Crippen LogP contribution in [0.2, 0.25) is 0 Å². The van der Waals surface area contributed by atoms with Gasteiger partial charge in [-0.25, -0.2) is 4.39 Å². The number of allylic oxidation sites excluding steroid dienone is 1. The van der Waals surface area contributed by atoms with Crippen molar-refractivity contribution in [3.8, 4) is 0 Å². The van der Waals surface area contributed by atoms with Gasteiger partial charge in [-0.15, -0.1) is 0 Å². The molecule has 0 atom stereocenters. The van der Waals surface area contributed by atoms with E-state index in [1.165, 1.54) is 11.6 Å². The summed E-state index contributed by atoms with van der Waals surface area (Å²) in [5.41, 5.74) is 2.33. The molecule has 1 aromatic rings. The summed E-state index contributed by atoms with van der Waals surface area (Å²) in [5.74, 6) is -0.156. The monoisotopic (exact) mass is 235 g/mol. The van der Waals surface area contributed by atoms with Gasteiger partial charge in [0.15, 0.2) is 0 Å². The Balaban J connectivity index is 2.38. The van der Waals surface area contributed by atoms with Crippen LogP contribution in [0.5, 0.6) is 0 Å². The second-order valence-electron chi connectivity index (χ2n) is 4.75. The van der Waals surface area contributed by atoms with Crippen LogP contribution in [0.25, 0.3) is 0 Å². The molecule has 1 N–H and O–H groups in total. The largest absolute Gasteiger partial charge is 0.314 e. The minimum atomic E-state index is -0.156. The molecule has 0 aliphatic rings. The summed E-state index contributed by atoms with van der Waals surface area (Å²) in [7, 11) is 0. The number of nitrogens with one attached hydrogen (secondary N) is 1. The first-order valence-electron chi connectivity index (χ1n) is 6.21. The molecule has 1 rings (SSSR count). The minimum absolute atomic E-state index is 0.156. The molecular formula is C15H22FN. The van der Waals surface area contributed by atoms with Crippen LogP contribution in [0.1, 0.15) is 32.8 Å². The van der Waals surface area contributed by atoms with Crippen molar-refractivity contribution in [3.63, 3.8) is 0 Å². The van der Waals surface area contributed by atoms with E-state index in [0.717, 1.165) is 24.9 Å². The summed E-state index contributed by atoms with van der Waals surface area (Å²) in [6.07, 6.45) is 4.08. The fraction of sp³-hybridized carbons (Fsp3) is 0.467. The average molecular weight is 235 g/mol. The fourth-order valence-electron chi connectivity index (χ4n) is 1.73. The number of benzene rings is 1. The Hall–Kier alpha value is -1.15. The molecule has 2 heteroatoms. The van der Waals surface area contributed by atoms with E-state index in [4.69, 9.17) is 0 Å². The van der Waals surface area contributed by atoms with E-state index >= 15 is 0 Å². The highest BCUT2D eigenvalue weighted by atomic mass is 19.1. The second kappa shape index (κ2) is 7.23. The van der Waals surface area contributed by atoms with Crippen molar-refractivity contribution >= 4 is 0 Å². The second-order valence-corrected chi connectivity index (χ2v) is 4.75. The molecule has 1 aromatic carbocycles. The van der Waals surface area contributed by atoms with Crippen LogP contribution < -0.4 is 5.32 Å². The zero-order chi connectivity index (χ0) is 12.7. The molecule has 0 saturated heterocycles. The van der Waals surface area contributed by atoms with Gasteiger partial charge in [-0.1, -0.05) is 37.6 Å². The normalized spacial score (nSPS) is 12.2. The van der Waals surface area contributed by atoms with Crippen molar-refractivity contribution < 1.29 is 4.39 Å². The van der Waals surface area contributed by atoms with E-state index in [1.54, 1.807) is 12.1 Å². The Kier molecular flexibility index (Phi) is 5.92. The van der Waals surface area contributed by atoms with E-state index in [0.29, 0.717) is 6.04 Å². The molecule has 0 heterocycles. The lowest BCUT2D eigenvalue weighted by Gasteiger charge is -2.06. The minimum Gasteiger partial charge on any atom is -0.314 e. The number of hydrogen-bond donors (Lipinski definition) is 1. The van der Waals surface area contributed by atoms with Gasteiger partial charge < -0.3 is 5.32 Å². The van der Waals surface area contributed by atoms with Crippen LogP contribution in [0.4, 0.5) is 4.39 Å². The standard InChI is InChI=1S/C15H22FN/c1-12(2)17-9-5-6-13(3)10-14-7-4-8-15(16)11-14/h4,6-8,11-12,17H,5,9-10H2,1-3H3. The number of halogens is 1. The van der Waals surface area contributed by atoms with Crippen LogP contribution in [0, 0.1) is 5.82 Å². The smallest absolute Gasteiger partial charge is 0.123 e. The molecule has 0 spiro atoms. The Labute approximate surface area is 104 Å². The predicted molar refractivity (Wildman–Crippen MR) is 71.6 cm³/mol. The zero-order valence-electron chi connectivity index (χ0n) is 11.0. The SMILES string of the molecule is CC(=CCCNC(C)C)Cc1cccc(F)c1. The number of rotatable bonds is 6. The third-order valence-electron chi connectivity index (χ3n) is 2.56. The molecule has 0 bridgehead atoms. The maximum absolute atomic E-state index is 13.0. The third kappa shape index (κ3) is 6.22. The van der Waals surface area contributed by atoms with Crippen LogP contribution in [-0.4, -0.2) is 12.6 Å². The van der Waals surface area contributed by atoms with Crippen molar-refractivity contribution in [1.29, 1.82) is 0 Å². The van der Waals surface area contributed by atoms with Gasteiger partial charge in [0, 0.05) is 6.04 Å². The van der Waals surface area contributed by atoms with Gasteiger partial charge in [-0.3, -0.25) is 0 Å². The first kappa shape index (κ1) is 13.9. The van der Waals surface area contributed by atoms with E-state index in [9.17, 15) is 4.39 Å². The third-order valence-corrected chi connectivity index (χ3v) is 2.56. The van der Waals surface area contributed by atoms with Crippen molar-refractivity contribution in [1.82, 2.24) is 5.32 Å². The lowest BCUT2D eigenvalue weighted by Crippen LogP contribution is -2.23. The Morgan fingerprint density at radius 1 is 1.41 bits per heavy atom. The zero-order valence-corrected chi connectivity index (χ0v) is 11.0. The van der Waals surface area contributed by atoms with E-state index in [-0.39, 0.29) is 5.82 Å². The van der Waals surface area contributed by atoms with E-state index in [1.807, 2.05) is 6.07 Å². The molecule has 0 fully saturated rings. The van der Waals surface area contributed by atoms with Gasteiger partial charge in [-0.05, 0) is 44.0 Å². The molecular weight excluding hydrogens is 213 g/mol. The predicted octanol–water partition coefficient (Wildman–Crippen LogP) is 3.70. The molecule has 0 unspecified atom stereocenters. The van der Waals surface area contributed by atoms with Gasteiger partial charge in [0.2, 0.25) is 0 Å². The maximum Gasteiger partial charge on any atom is 0.123 e. The molecule has 17 heavy (non-hydrogen) atoms. The quantitative estimate of drug-likeness (QED) is 0.585. The fourth-order valence-corrected chi connectivity index (χ4v) is 1.73. The highest BCUT2D eigenvalue weighted by molar-refractivity contribution is 5.21. The van der Waals surface area contributed by atoms with E-state index in [2.05, 4.69) is 32.2 Å². The lowest BCUT2D eigenvalue weighted by molar-refractivity contribution is 0.594.